The van der Waals surface area contributed by atoms with Crippen molar-refractivity contribution in [1.82, 2.24) is 14.5 Å². The average molecular weight is 382 g/mol. The predicted molar refractivity (Wildman–Crippen MR) is 107 cm³/mol. The number of piperazine rings is 1. The smallest absolute Gasteiger partial charge is 0.123 e. The van der Waals surface area contributed by atoms with E-state index < -0.39 is 0 Å². The average Bonchev–Trinajstić information content (AvgIpc) is 3.08. The molecule has 2 heterocycles. The fourth-order valence-electron chi connectivity index (χ4n) is 3.75. The normalized spacial score (nSPS) is 15.2. The minimum atomic E-state index is -0.234. The molecule has 28 heavy (non-hydrogen) atoms. The number of anilines is 1. The molecule has 0 atom stereocenters. The number of rotatable bonds is 5. The Bertz CT molecular complexity index is 911. The number of benzene rings is 2. The van der Waals surface area contributed by atoms with Crippen molar-refractivity contribution in [1.29, 1.82) is 0 Å². The van der Waals surface area contributed by atoms with Crippen LogP contribution in [0.15, 0.2) is 54.7 Å². The number of nitrogens with zero attached hydrogens (tertiary/aromatic N) is 4. The molecule has 4 rings (SSSR count). The summed E-state index contributed by atoms with van der Waals surface area (Å²) in [5.41, 5.74) is 3.05. The van der Waals surface area contributed by atoms with Crippen molar-refractivity contribution in [2.24, 2.45) is 0 Å². The van der Waals surface area contributed by atoms with Gasteiger partial charge in [-0.3, -0.25) is 4.90 Å². The SMILES string of the molecule is Cc1cnc(CCN2CCN(c3ccc(F)cc3)CC2)n1-c1ccc(F)cc1. The van der Waals surface area contributed by atoms with Crippen molar-refractivity contribution < 1.29 is 8.78 Å². The molecule has 146 valence electrons. The highest BCUT2D eigenvalue weighted by molar-refractivity contribution is 5.46. The molecule has 3 aromatic rings. The van der Waals surface area contributed by atoms with Gasteiger partial charge in [-0.2, -0.15) is 0 Å². The summed E-state index contributed by atoms with van der Waals surface area (Å²) in [6.45, 7) is 6.73. The largest absolute Gasteiger partial charge is 0.369 e. The fraction of sp³-hybridized carbons (Fsp3) is 0.318. The number of hydrogen-bond donors (Lipinski definition) is 0. The van der Waals surface area contributed by atoms with Crippen LogP contribution in [0.5, 0.6) is 0 Å². The van der Waals surface area contributed by atoms with E-state index in [1.807, 2.05) is 25.3 Å². The first-order chi connectivity index (χ1) is 13.6. The minimum absolute atomic E-state index is 0.200. The molecule has 1 aromatic heterocycles. The maximum atomic E-state index is 13.2. The molecule has 0 amide bonds. The lowest BCUT2D eigenvalue weighted by molar-refractivity contribution is 0.259. The van der Waals surface area contributed by atoms with Gasteiger partial charge in [0.1, 0.15) is 17.5 Å². The second-order valence-electron chi connectivity index (χ2n) is 7.18. The molecule has 0 bridgehead atoms. The number of hydrogen-bond acceptors (Lipinski definition) is 3. The number of aryl methyl sites for hydroxylation is 1. The van der Waals surface area contributed by atoms with Gasteiger partial charge in [-0.05, 0) is 55.5 Å². The summed E-state index contributed by atoms with van der Waals surface area (Å²) in [7, 11) is 0. The van der Waals surface area contributed by atoms with E-state index in [1.54, 1.807) is 12.1 Å². The third kappa shape index (κ3) is 4.07. The Morgan fingerprint density at radius 2 is 1.39 bits per heavy atom. The Morgan fingerprint density at radius 3 is 2.00 bits per heavy atom. The van der Waals surface area contributed by atoms with Crippen LogP contribution in [0.1, 0.15) is 11.5 Å². The minimum Gasteiger partial charge on any atom is -0.369 e. The first-order valence-corrected chi connectivity index (χ1v) is 9.62. The van der Waals surface area contributed by atoms with Crippen LogP contribution in [-0.4, -0.2) is 47.2 Å². The molecule has 2 aromatic carbocycles. The molecule has 0 aliphatic carbocycles. The summed E-state index contributed by atoms with van der Waals surface area (Å²) in [5.74, 6) is 0.557. The van der Waals surface area contributed by atoms with Crippen molar-refractivity contribution in [3.05, 3.63) is 77.9 Å². The highest BCUT2D eigenvalue weighted by Crippen LogP contribution is 2.18. The van der Waals surface area contributed by atoms with E-state index in [0.29, 0.717) is 0 Å². The monoisotopic (exact) mass is 382 g/mol. The number of imidazole rings is 1. The molecular formula is C22H24F2N4. The van der Waals surface area contributed by atoms with Crippen LogP contribution in [-0.2, 0) is 6.42 Å². The lowest BCUT2D eigenvalue weighted by Crippen LogP contribution is -2.47. The summed E-state index contributed by atoms with van der Waals surface area (Å²) in [6.07, 6.45) is 2.70. The van der Waals surface area contributed by atoms with Gasteiger partial charge >= 0.3 is 0 Å². The molecule has 1 fully saturated rings. The molecular weight excluding hydrogens is 358 g/mol. The zero-order valence-electron chi connectivity index (χ0n) is 16.0. The summed E-state index contributed by atoms with van der Waals surface area (Å²) in [5, 5.41) is 0. The number of aromatic nitrogens is 2. The van der Waals surface area contributed by atoms with E-state index in [9.17, 15) is 8.78 Å². The van der Waals surface area contributed by atoms with Crippen molar-refractivity contribution in [2.75, 3.05) is 37.6 Å². The first-order valence-electron chi connectivity index (χ1n) is 9.62. The van der Waals surface area contributed by atoms with Crippen molar-refractivity contribution >= 4 is 5.69 Å². The highest BCUT2D eigenvalue weighted by Gasteiger charge is 2.18. The van der Waals surface area contributed by atoms with Gasteiger partial charge < -0.3 is 9.47 Å². The van der Waals surface area contributed by atoms with Gasteiger partial charge in [0.25, 0.3) is 0 Å². The second-order valence-corrected chi connectivity index (χ2v) is 7.18. The van der Waals surface area contributed by atoms with Gasteiger partial charge in [-0.25, -0.2) is 13.8 Å². The highest BCUT2D eigenvalue weighted by atomic mass is 19.1. The Kier molecular flexibility index (Phi) is 5.39. The van der Waals surface area contributed by atoms with E-state index in [0.717, 1.165) is 62.0 Å². The topological polar surface area (TPSA) is 24.3 Å². The molecule has 0 spiro atoms. The molecule has 0 N–H and O–H groups in total. The Morgan fingerprint density at radius 1 is 0.821 bits per heavy atom. The van der Waals surface area contributed by atoms with Crippen LogP contribution in [0.2, 0.25) is 0 Å². The van der Waals surface area contributed by atoms with E-state index in [4.69, 9.17) is 0 Å². The van der Waals surface area contributed by atoms with Gasteiger partial charge in [0.05, 0.1) is 0 Å². The van der Waals surface area contributed by atoms with Crippen LogP contribution >= 0.6 is 0 Å². The Hall–Kier alpha value is -2.73. The summed E-state index contributed by atoms with van der Waals surface area (Å²) >= 11 is 0. The molecule has 4 nitrogen and oxygen atoms in total. The summed E-state index contributed by atoms with van der Waals surface area (Å²) in [6, 6.07) is 13.2. The van der Waals surface area contributed by atoms with E-state index in [-0.39, 0.29) is 11.6 Å². The van der Waals surface area contributed by atoms with Crippen LogP contribution in [0.25, 0.3) is 5.69 Å². The molecule has 0 radical (unpaired) electrons. The van der Waals surface area contributed by atoms with Gasteiger partial charge in [-0.15, -0.1) is 0 Å². The lowest BCUT2D eigenvalue weighted by atomic mass is 10.2. The van der Waals surface area contributed by atoms with E-state index >= 15 is 0 Å². The lowest BCUT2D eigenvalue weighted by Gasteiger charge is -2.36. The van der Waals surface area contributed by atoms with Gasteiger partial charge in [0, 0.05) is 62.4 Å². The molecule has 1 aliphatic rings. The molecule has 1 saturated heterocycles. The molecule has 0 saturated carbocycles. The Balaban J connectivity index is 1.36. The van der Waals surface area contributed by atoms with Crippen molar-refractivity contribution in [3.8, 4) is 5.69 Å². The second kappa shape index (κ2) is 8.10. The summed E-state index contributed by atoms with van der Waals surface area (Å²) in [4.78, 5) is 9.29. The van der Waals surface area contributed by atoms with Gasteiger partial charge in [0.15, 0.2) is 0 Å². The van der Waals surface area contributed by atoms with Gasteiger partial charge in [0.2, 0.25) is 0 Å². The third-order valence-corrected chi connectivity index (χ3v) is 5.31. The van der Waals surface area contributed by atoms with Crippen LogP contribution in [0, 0.1) is 18.6 Å². The maximum absolute atomic E-state index is 13.2. The maximum Gasteiger partial charge on any atom is 0.123 e. The zero-order valence-corrected chi connectivity index (χ0v) is 16.0. The van der Waals surface area contributed by atoms with Crippen LogP contribution < -0.4 is 4.90 Å². The van der Waals surface area contributed by atoms with Gasteiger partial charge in [-0.1, -0.05) is 0 Å². The molecule has 1 aliphatic heterocycles. The number of halogens is 2. The zero-order chi connectivity index (χ0) is 19.5. The predicted octanol–water partition coefficient (Wildman–Crippen LogP) is 3.82. The Labute approximate surface area is 164 Å². The van der Waals surface area contributed by atoms with E-state index in [2.05, 4.69) is 19.4 Å². The van der Waals surface area contributed by atoms with Crippen LogP contribution in [0.3, 0.4) is 0 Å². The summed E-state index contributed by atoms with van der Waals surface area (Å²) < 4.78 is 28.4. The molecule has 0 unspecified atom stereocenters. The molecule has 6 heteroatoms. The van der Waals surface area contributed by atoms with Crippen LogP contribution in [0.4, 0.5) is 14.5 Å². The third-order valence-electron chi connectivity index (χ3n) is 5.31. The van der Waals surface area contributed by atoms with Crippen molar-refractivity contribution in [3.63, 3.8) is 0 Å². The first kappa shape index (κ1) is 18.6. The quantitative estimate of drug-likeness (QED) is 0.670. The van der Waals surface area contributed by atoms with E-state index in [1.165, 1.54) is 24.3 Å². The standard InChI is InChI=1S/C22H24F2N4/c1-17-16-25-22(28(17)21-8-4-19(24)5-9-21)10-11-26-12-14-27(15-13-26)20-6-2-18(23)3-7-20/h2-9,16H,10-15H2,1H3. The fourth-order valence-corrected chi connectivity index (χ4v) is 3.75. The van der Waals surface area contributed by atoms with Crippen molar-refractivity contribution in [2.45, 2.75) is 13.3 Å².